The lowest BCUT2D eigenvalue weighted by molar-refractivity contribution is 0.243. The smallest absolute Gasteiger partial charge is 0.245 e. The third-order valence-corrected chi connectivity index (χ3v) is 8.42. The first-order chi connectivity index (χ1) is 12.7. The fourth-order valence-electron chi connectivity index (χ4n) is 3.94. The summed E-state index contributed by atoms with van der Waals surface area (Å²) in [5.41, 5.74) is 0.576. The molecule has 0 spiro atoms. The van der Waals surface area contributed by atoms with E-state index in [-0.39, 0.29) is 6.04 Å². The largest absolute Gasteiger partial charge is 0.302 e. The highest BCUT2D eigenvalue weighted by molar-refractivity contribution is 7.99. The molecule has 26 heavy (non-hydrogen) atoms. The number of fused-ring (bicyclic) bond motifs is 1. The lowest BCUT2D eigenvalue weighted by atomic mass is 10.2. The maximum Gasteiger partial charge on any atom is 0.245 e. The van der Waals surface area contributed by atoms with E-state index in [4.69, 9.17) is 0 Å². The molecule has 3 heterocycles. The summed E-state index contributed by atoms with van der Waals surface area (Å²) in [4.78, 5) is 7.13. The van der Waals surface area contributed by atoms with Gasteiger partial charge in [0.1, 0.15) is 4.90 Å². The van der Waals surface area contributed by atoms with Gasteiger partial charge in [0, 0.05) is 36.5 Å². The molecular weight excluding hydrogens is 366 g/mol. The van der Waals surface area contributed by atoms with Crippen LogP contribution in [0.4, 0.5) is 0 Å². The van der Waals surface area contributed by atoms with Crippen molar-refractivity contribution < 1.29 is 8.42 Å². The van der Waals surface area contributed by atoms with Crippen LogP contribution in [0.5, 0.6) is 0 Å². The van der Waals surface area contributed by atoms with Crippen molar-refractivity contribution in [2.75, 3.05) is 37.7 Å². The highest BCUT2D eigenvalue weighted by Crippen LogP contribution is 2.29. The quantitative estimate of drug-likeness (QED) is 0.802. The Morgan fingerprint density at radius 2 is 1.88 bits per heavy atom. The van der Waals surface area contributed by atoms with Gasteiger partial charge in [0.2, 0.25) is 10.0 Å². The molecule has 2 saturated heterocycles. The van der Waals surface area contributed by atoms with Crippen molar-refractivity contribution in [3.63, 3.8) is 0 Å². The Balaban J connectivity index is 1.70. The second-order valence-electron chi connectivity index (χ2n) is 7.04. The number of pyridine rings is 1. The minimum atomic E-state index is -3.57. The van der Waals surface area contributed by atoms with Crippen LogP contribution in [0, 0.1) is 0 Å². The van der Waals surface area contributed by atoms with Gasteiger partial charge in [-0.05, 0) is 50.2 Å². The second kappa shape index (κ2) is 7.84. The summed E-state index contributed by atoms with van der Waals surface area (Å²) in [6, 6.07) is 9.24. The van der Waals surface area contributed by atoms with Crippen LogP contribution in [-0.2, 0) is 10.0 Å². The highest BCUT2D eigenvalue weighted by atomic mass is 32.2. The topological polar surface area (TPSA) is 53.5 Å². The fraction of sp³-hybridized carbons (Fsp3) is 0.526. The predicted octanol–water partition coefficient (Wildman–Crippen LogP) is 2.83. The average Bonchev–Trinajstić information content (AvgIpc) is 3.05. The molecule has 1 unspecified atom stereocenters. The molecule has 7 heteroatoms. The SMILES string of the molecule is O=S(=O)(c1cccc2cccnc12)N1CCCSCC1CN1CCCC1. The number of hydrogen-bond acceptors (Lipinski definition) is 5. The minimum Gasteiger partial charge on any atom is -0.302 e. The fourth-order valence-corrected chi connectivity index (χ4v) is 6.91. The molecule has 1 aromatic heterocycles. The number of likely N-dealkylation sites (tertiary alicyclic amines) is 1. The molecule has 5 nitrogen and oxygen atoms in total. The third-order valence-electron chi connectivity index (χ3n) is 5.23. The summed E-state index contributed by atoms with van der Waals surface area (Å²) in [6.07, 6.45) is 5.01. The maximum atomic E-state index is 13.6. The summed E-state index contributed by atoms with van der Waals surface area (Å²) in [7, 11) is -3.57. The van der Waals surface area contributed by atoms with Crippen molar-refractivity contribution in [1.82, 2.24) is 14.2 Å². The van der Waals surface area contributed by atoms with Crippen molar-refractivity contribution in [1.29, 1.82) is 0 Å². The van der Waals surface area contributed by atoms with E-state index in [0.717, 1.165) is 42.9 Å². The Morgan fingerprint density at radius 3 is 2.73 bits per heavy atom. The van der Waals surface area contributed by atoms with Gasteiger partial charge >= 0.3 is 0 Å². The molecule has 0 N–H and O–H groups in total. The summed E-state index contributed by atoms with van der Waals surface area (Å²) in [5, 5.41) is 0.869. The summed E-state index contributed by atoms with van der Waals surface area (Å²) in [6.45, 7) is 3.61. The van der Waals surface area contributed by atoms with E-state index < -0.39 is 10.0 Å². The molecule has 1 atom stereocenters. The van der Waals surface area contributed by atoms with Crippen LogP contribution in [0.1, 0.15) is 19.3 Å². The standard InChI is InChI=1S/C19H25N3O2S2/c23-26(24,18-8-3-6-16-7-4-9-20-19(16)18)22-12-5-13-25-15-17(22)14-21-10-1-2-11-21/h3-4,6-9,17H,1-2,5,10-15H2. The van der Waals surface area contributed by atoms with Gasteiger partial charge in [-0.2, -0.15) is 16.1 Å². The van der Waals surface area contributed by atoms with Crippen molar-refractivity contribution in [3.8, 4) is 0 Å². The van der Waals surface area contributed by atoms with E-state index in [0.29, 0.717) is 17.0 Å². The maximum absolute atomic E-state index is 13.6. The summed E-state index contributed by atoms with van der Waals surface area (Å²) >= 11 is 1.88. The number of para-hydroxylation sites is 1. The van der Waals surface area contributed by atoms with Gasteiger partial charge in [-0.15, -0.1) is 0 Å². The van der Waals surface area contributed by atoms with Crippen LogP contribution in [0.2, 0.25) is 0 Å². The molecular formula is C19H25N3O2S2. The molecule has 2 fully saturated rings. The lowest BCUT2D eigenvalue weighted by Gasteiger charge is -2.32. The first kappa shape index (κ1) is 18.2. The molecule has 0 amide bonds. The van der Waals surface area contributed by atoms with E-state index in [2.05, 4.69) is 9.88 Å². The van der Waals surface area contributed by atoms with Crippen LogP contribution < -0.4 is 0 Å². The minimum absolute atomic E-state index is 0.0320. The van der Waals surface area contributed by atoms with Gasteiger partial charge in [0.05, 0.1) is 5.52 Å². The molecule has 0 saturated carbocycles. The van der Waals surface area contributed by atoms with Gasteiger partial charge in [-0.3, -0.25) is 4.98 Å². The summed E-state index contributed by atoms with van der Waals surface area (Å²) < 4.78 is 29.0. The first-order valence-electron chi connectivity index (χ1n) is 9.32. The van der Waals surface area contributed by atoms with Crippen molar-refractivity contribution in [2.24, 2.45) is 0 Å². The zero-order valence-electron chi connectivity index (χ0n) is 14.9. The van der Waals surface area contributed by atoms with E-state index in [1.807, 2.05) is 36.0 Å². The van der Waals surface area contributed by atoms with Gasteiger partial charge in [-0.1, -0.05) is 18.2 Å². The Morgan fingerprint density at radius 1 is 1.08 bits per heavy atom. The van der Waals surface area contributed by atoms with Crippen molar-refractivity contribution in [2.45, 2.75) is 30.2 Å². The number of nitrogens with zero attached hydrogens (tertiary/aromatic N) is 3. The normalized spacial score (nSPS) is 23.3. The van der Waals surface area contributed by atoms with Gasteiger partial charge < -0.3 is 4.90 Å². The van der Waals surface area contributed by atoms with Crippen LogP contribution >= 0.6 is 11.8 Å². The average molecular weight is 392 g/mol. The molecule has 1 aromatic carbocycles. The first-order valence-corrected chi connectivity index (χ1v) is 11.9. The van der Waals surface area contributed by atoms with Crippen molar-refractivity contribution >= 4 is 32.7 Å². The van der Waals surface area contributed by atoms with Crippen LogP contribution in [0.25, 0.3) is 10.9 Å². The van der Waals surface area contributed by atoms with Crippen LogP contribution in [-0.4, -0.2) is 66.3 Å². The number of benzene rings is 1. The predicted molar refractivity (Wildman–Crippen MR) is 107 cm³/mol. The molecule has 0 radical (unpaired) electrons. The summed E-state index contributed by atoms with van der Waals surface area (Å²) in [5.74, 6) is 1.89. The number of hydrogen-bond donors (Lipinski definition) is 0. The molecule has 0 bridgehead atoms. The number of aromatic nitrogens is 1. The van der Waals surface area contributed by atoms with E-state index in [1.54, 1.807) is 16.6 Å². The molecule has 2 aliphatic heterocycles. The van der Waals surface area contributed by atoms with E-state index in [9.17, 15) is 8.42 Å². The lowest BCUT2D eigenvalue weighted by Crippen LogP contribution is -2.47. The third kappa shape index (κ3) is 3.63. The number of sulfonamides is 1. The van der Waals surface area contributed by atoms with Gasteiger partial charge in [-0.25, -0.2) is 8.42 Å². The second-order valence-corrected chi connectivity index (χ2v) is 10.0. The van der Waals surface area contributed by atoms with Gasteiger partial charge in [0.25, 0.3) is 0 Å². The van der Waals surface area contributed by atoms with Gasteiger partial charge in [0.15, 0.2) is 0 Å². The number of thioether (sulfide) groups is 1. The monoisotopic (exact) mass is 391 g/mol. The van der Waals surface area contributed by atoms with E-state index in [1.165, 1.54) is 12.8 Å². The molecule has 140 valence electrons. The van der Waals surface area contributed by atoms with Crippen LogP contribution in [0.3, 0.4) is 0 Å². The highest BCUT2D eigenvalue weighted by Gasteiger charge is 2.35. The Bertz CT molecular complexity index is 861. The zero-order chi connectivity index (χ0) is 18.0. The molecule has 2 aromatic rings. The number of rotatable bonds is 4. The van der Waals surface area contributed by atoms with Crippen LogP contribution in [0.15, 0.2) is 41.4 Å². The van der Waals surface area contributed by atoms with Crippen molar-refractivity contribution in [3.05, 3.63) is 36.5 Å². The Labute approximate surface area is 159 Å². The zero-order valence-corrected chi connectivity index (χ0v) is 16.5. The Hall–Kier alpha value is -1.15. The molecule has 2 aliphatic rings. The Kier molecular flexibility index (Phi) is 5.50. The van der Waals surface area contributed by atoms with E-state index >= 15 is 0 Å². The molecule has 4 rings (SSSR count). The molecule has 0 aliphatic carbocycles.